The maximum absolute atomic E-state index is 12.4. The molecule has 7 nitrogen and oxygen atoms in total. The number of carbonyl (C=O) groups excluding carboxylic acids is 1. The average Bonchev–Trinajstić information content (AvgIpc) is 2.53. The van der Waals surface area contributed by atoms with Crippen LogP contribution in [0.4, 0.5) is 0 Å². The van der Waals surface area contributed by atoms with E-state index in [1.54, 1.807) is 17.1 Å². The van der Waals surface area contributed by atoms with Crippen molar-refractivity contribution in [3.63, 3.8) is 0 Å². The summed E-state index contributed by atoms with van der Waals surface area (Å²) in [5.41, 5.74) is 3.26. The lowest BCUT2D eigenvalue weighted by Crippen LogP contribution is -2.50. The number of fused-ring (bicyclic) bond motifs is 1. The van der Waals surface area contributed by atoms with Crippen LogP contribution in [-0.4, -0.2) is 47.0 Å². The van der Waals surface area contributed by atoms with E-state index in [4.69, 9.17) is 4.74 Å². The molecule has 0 saturated carbocycles. The second kappa shape index (κ2) is 6.25. The Morgan fingerprint density at radius 1 is 1.27 bits per heavy atom. The summed E-state index contributed by atoms with van der Waals surface area (Å²) in [5.74, 6) is -0.258. The molecule has 2 heterocycles. The highest BCUT2D eigenvalue weighted by Gasteiger charge is 2.15. The molecule has 0 bridgehead atoms. The highest BCUT2D eigenvalue weighted by atomic mass is 16.5. The van der Waals surface area contributed by atoms with E-state index in [9.17, 15) is 9.59 Å². The first-order chi connectivity index (χ1) is 10.6. The summed E-state index contributed by atoms with van der Waals surface area (Å²) in [4.78, 5) is 24.5. The Bertz CT molecular complexity index is 750. The summed E-state index contributed by atoms with van der Waals surface area (Å²) in [7, 11) is 0. The molecule has 7 heteroatoms. The number of benzene rings is 1. The molecule has 3 rings (SSSR count). The van der Waals surface area contributed by atoms with Crippen LogP contribution in [0.3, 0.4) is 0 Å². The molecule has 1 N–H and O–H groups in total. The SMILES string of the molecule is Cc1nn(CC(=O)NN2CCOCC2)c(=O)c2ccccc12. The fourth-order valence-corrected chi connectivity index (χ4v) is 2.53. The van der Waals surface area contributed by atoms with Crippen molar-refractivity contribution in [2.45, 2.75) is 13.5 Å². The number of hydrazine groups is 1. The Morgan fingerprint density at radius 3 is 2.68 bits per heavy atom. The number of aryl methyl sites for hydroxylation is 1. The molecular formula is C15H18N4O3. The molecule has 1 aliphatic rings. The molecule has 1 aliphatic heterocycles. The van der Waals surface area contributed by atoms with E-state index in [1.165, 1.54) is 4.68 Å². The van der Waals surface area contributed by atoms with Crippen LogP contribution in [0.25, 0.3) is 10.8 Å². The third kappa shape index (κ3) is 3.00. The zero-order valence-electron chi connectivity index (χ0n) is 12.4. The molecular weight excluding hydrogens is 284 g/mol. The number of amides is 1. The van der Waals surface area contributed by atoms with Gasteiger partial charge in [0, 0.05) is 18.5 Å². The van der Waals surface area contributed by atoms with E-state index in [-0.39, 0.29) is 18.0 Å². The predicted molar refractivity (Wildman–Crippen MR) is 81.3 cm³/mol. The number of nitrogens with zero attached hydrogens (tertiary/aromatic N) is 3. The smallest absolute Gasteiger partial charge is 0.275 e. The summed E-state index contributed by atoms with van der Waals surface area (Å²) in [6, 6.07) is 7.28. The minimum absolute atomic E-state index is 0.0954. The highest BCUT2D eigenvalue weighted by Crippen LogP contribution is 2.11. The molecule has 0 aliphatic carbocycles. The maximum Gasteiger partial charge on any atom is 0.275 e. The Balaban J connectivity index is 1.80. The third-order valence-corrected chi connectivity index (χ3v) is 3.64. The first kappa shape index (κ1) is 14.7. The molecule has 22 heavy (non-hydrogen) atoms. The Morgan fingerprint density at radius 2 is 1.95 bits per heavy atom. The minimum Gasteiger partial charge on any atom is -0.379 e. The fourth-order valence-electron chi connectivity index (χ4n) is 2.53. The van der Waals surface area contributed by atoms with Crippen LogP contribution in [0.2, 0.25) is 0 Å². The van der Waals surface area contributed by atoms with Crippen LogP contribution in [0, 0.1) is 6.92 Å². The van der Waals surface area contributed by atoms with Crippen LogP contribution in [0.5, 0.6) is 0 Å². The molecule has 1 aromatic heterocycles. The number of nitrogens with one attached hydrogen (secondary N) is 1. The Labute approximate surface area is 127 Å². The number of hydrogen-bond acceptors (Lipinski definition) is 5. The van der Waals surface area contributed by atoms with Crippen LogP contribution < -0.4 is 11.0 Å². The zero-order chi connectivity index (χ0) is 15.5. The van der Waals surface area contributed by atoms with Crippen molar-refractivity contribution in [2.75, 3.05) is 26.3 Å². The van der Waals surface area contributed by atoms with E-state index in [0.29, 0.717) is 31.7 Å². The van der Waals surface area contributed by atoms with Crippen molar-refractivity contribution >= 4 is 16.7 Å². The average molecular weight is 302 g/mol. The van der Waals surface area contributed by atoms with Crippen molar-refractivity contribution in [2.24, 2.45) is 0 Å². The number of rotatable bonds is 3. The van der Waals surface area contributed by atoms with E-state index in [1.807, 2.05) is 19.1 Å². The van der Waals surface area contributed by atoms with Gasteiger partial charge < -0.3 is 4.74 Å². The number of carbonyl (C=O) groups is 1. The zero-order valence-corrected chi connectivity index (χ0v) is 12.4. The first-order valence-corrected chi connectivity index (χ1v) is 7.24. The monoisotopic (exact) mass is 302 g/mol. The summed E-state index contributed by atoms with van der Waals surface area (Å²) >= 11 is 0. The Kier molecular flexibility index (Phi) is 4.17. The summed E-state index contributed by atoms with van der Waals surface area (Å²) in [5, 5.41) is 7.43. The maximum atomic E-state index is 12.4. The largest absolute Gasteiger partial charge is 0.379 e. The number of hydrogen-bond donors (Lipinski definition) is 1. The summed E-state index contributed by atoms with van der Waals surface area (Å²) < 4.78 is 6.44. The van der Waals surface area contributed by atoms with Gasteiger partial charge in [-0.25, -0.2) is 9.69 Å². The van der Waals surface area contributed by atoms with E-state index in [2.05, 4.69) is 10.5 Å². The molecule has 0 unspecified atom stereocenters. The van der Waals surface area contributed by atoms with Gasteiger partial charge in [0.2, 0.25) is 0 Å². The van der Waals surface area contributed by atoms with E-state index in [0.717, 1.165) is 11.1 Å². The standard InChI is InChI=1S/C15H18N4O3/c1-11-12-4-2-3-5-13(12)15(21)19(16-11)10-14(20)17-18-6-8-22-9-7-18/h2-5H,6-10H2,1H3,(H,17,20). The van der Waals surface area contributed by atoms with Gasteiger partial charge in [-0.2, -0.15) is 5.10 Å². The lowest BCUT2D eigenvalue weighted by molar-refractivity contribution is -0.128. The molecule has 1 amide bonds. The first-order valence-electron chi connectivity index (χ1n) is 7.24. The molecule has 0 radical (unpaired) electrons. The Hall–Kier alpha value is -2.25. The normalized spacial score (nSPS) is 15.9. The van der Waals surface area contributed by atoms with Gasteiger partial charge in [-0.05, 0) is 13.0 Å². The van der Waals surface area contributed by atoms with Crippen LogP contribution in [-0.2, 0) is 16.1 Å². The van der Waals surface area contributed by atoms with Gasteiger partial charge in [0.15, 0.2) is 0 Å². The lowest BCUT2D eigenvalue weighted by atomic mass is 10.1. The van der Waals surface area contributed by atoms with Crippen molar-refractivity contribution < 1.29 is 9.53 Å². The van der Waals surface area contributed by atoms with Gasteiger partial charge in [0.1, 0.15) is 6.54 Å². The number of aromatic nitrogens is 2. The van der Waals surface area contributed by atoms with Gasteiger partial charge in [-0.15, -0.1) is 0 Å². The number of ether oxygens (including phenoxy) is 1. The van der Waals surface area contributed by atoms with Gasteiger partial charge >= 0.3 is 0 Å². The second-order valence-corrected chi connectivity index (χ2v) is 5.23. The van der Waals surface area contributed by atoms with Gasteiger partial charge in [0.05, 0.1) is 24.3 Å². The van der Waals surface area contributed by atoms with E-state index < -0.39 is 0 Å². The molecule has 1 fully saturated rings. The molecule has 0 spiro atoms. The van der Waals surface area contributed by atoms with Crippen molar-refractivity contribution in [3.8, 4) is 0 Å². The van der Waals surface area contributed by atoms with Crippen molar-refractivity contribution in [1.29, 1.82) is 0 Å². The lowest BCUT2D eigenvalue weighted by Gasteiger charge is -2.26. The van der Waals surface area contributed by atoms with Crippen LogP contribution in [0.15, 0.2) is 29.1 Å². The topological polar surface area (TPSA) is 76.5 Å². The molecule has 2 aromatic rings. The predicted octanol–water partition coefficient (Wildman–Crippen LogP) is 0.0683. The van der Waals surface area contributed by atoms with Gasteiger partial charge in [-0.3, -0.25) is 15.0 Å². The van der Waals surface area contributed by atoms with Crippen molar-refractivity contribution in [1.82, 2.24) is 20.2 Å². The third-order valence-electron chi connectivity index (χ3n) is 3.64. The quantitative estimate of drug-likeness (QED) is 0.868. The number of morpholine rings is 1. The minimum atomic E-state index is -0.258. The molecule has 1 aromatic carbocycles. The highest BCUT2D eigenvalue weighted by molar-refractivity contribution is 5.83. The molecule has 0 atom stereocenters. The van der Waals surface area contributed by atoms with E-state index >= 15 is 0 Å². The summed E-state index contributed by atoms with van der Waals surface area (Å²) in [6.07, 6.45) is 0. The fraction of sp³-hybridized carbons (Fsp3) is 0.400. The summed E-state index contributed by atoms with van der Waals surface area (Å²) in [6.45, 7) is 4.21. The van der Waals surface area contributed by atoms with Gasteiger partial charge in [-0.1, -0.05) is 18.2 Å². The van der Waals surface area contributed by atoms with Crippen LogP contribution in [0.1, 0.15) is 5.69 Å². The van der Waals surface area contributed by atoms with Crippen molar-refractivity contribution in [3.05, 3.63) is 40.3 Å². The molecule has 116 valence electrons. The molecule has 1 saturated heterocycles. The van der Waals surface area contributed by atoms with Crippen LogP contribution >= 0.6 is 0 Å². The second-order valence-electron chi connectivity index (χ2n) is 5.23. The van der Waals surface area contributed by atoms with Gasteiger partial charge in [0.25, 0.3) is 11.5 Å².